The molecule has 1 aliphatic heterocycles. The van der Waals surface area contributed by atoms with Crippen LogP contribution in [0.15, 0.2) is 29.2 Å². The van der Waals surface area contributed by atoms with Crippen molar-refractivity contribution in [2.45, 2.75) is 50.6 Å². The molecule has 0 aromatic heterocycles. The first-order valence-corrected chi connectivity index (χ1v) is 8.74. The number of nitrogens with one attached hydrogen (secondary N) is 1. The lowest BCUT2D eigenvalue weighted by Crippen LogP contribution is -2.57. The molecule has 0 spiro atoms. The summed E-state index contributed by atoms with van der Waals surface area (Å²) in [7, 11) is -3.40. The third-order valence-electron chi connectivity index (χ3n) is 3.79. The van der Waals surface area contributed by atoms with Crippen molar-refractivity contribution in [3.63, 3.8) is 0 Å². The van der Waals surface area contributed by atoms with Crippen LogP contribution in [0, 0.1) is 0 Å². The van der Waals surface area contributed by atoms with Crippen molar-refractivity contribution in [1.29, 1.82) is 0 Å². The fourth-order valence-electron chi connectivity index (χ4n) is 2.83. The Morgan fingerprint density at radius 3 is 2.20 bits per heavy atom. The van der Waals surface area contributed by atoms with Crippen LogP contribution in [0.25, 0.3) is 0 Å². The minimum absolute atomic E-state index is 0.0148. The molecule has 0 bridgehead atoms. The van der Waals surface area contributed by atoms with Gasteiger partial charge < -0.3 is 5.32 Å². The monoisotopic (exact) mass is 296 g/mol. The average molecular weight is 296 g/mol. The minimum atomic E-state index is -3.40. The Balaban J connectivity index is 2.29. The number of nitrogens with zero attached hydrogens (tertiary/aromatic N) is 1. The molecule has 1 fully saturated rings. The molecule has 1 N–H and O–H groups in total. The van der Waals surface area contributed by atoms with E-state index in [1.165, 1.54) is 5.56 Å². The van der Waals surface area contributed by atoms with Crippen LogP contribution in [-0.4, -0.2) is 37.9 Å². The number of sulfonamides is 1. The maximum atomic E-state index is 12.8. The lowest BCUT2D eigenvalue weighted by molar-refractivity contribution is 0.220. The van der Waals surface area contributed by atoms with Crippen LogP contribution < -0.4 is 5.32 Å². The van der Waals surface area contributed by atoms with Crippen molar-refractivity contribution in [1.82, 2.24) is 9.62 Å². The van der Waals surface area contributed by atoms with Gasteiger partial charge in [-0.1, -0.05) is 25.5 Å². The Hall–Kier alpha value is -0.910. The largest absolute Gasteiger partial charge is 0.314 e. The molecule has 1 aromatic rings. The lowest BCUT2D eigenvalue weighted by atomic mass is 10.1. The SMILES string of the molecule is CCCc1ccc(S(=O)(=O)N2C(C)CNCC2C)cc1. The van der Waals surface area contributed by atoms with Gasteiger partial charge in [-0.05, 0) is 38.0 Å². The van der Waals surface area contributed by atoms with Crippen LogP contribution in [0.1, 0.15) is 32.8 Å². The molecular weight excluding hydrogens is 272 g/mol. The van der Waals surface area contributed by atoms with E-state index in [0.717, 1.165) is 12.8 Å². The Labute approximate surface area is 122 Å². The van der Waals surface area contributed by atoms with Crippen molar-refractivity contribution in [2.24, 2.45) is 0 Å². The molecule has 0 radical (unpaired) electrons. The van der Waals surface area contributed by atoms with Crippen LogP contribution in [0.5, 0.6) is 0 Å². The topological polar surface area (TPSA) is 49.4 Å². The predicted octanol–water partition coefficient (Wildman–Crippen LogP) is 2.01. The van der Waals surface area contributed by atoms with Gasteiger partial charge in [-0.3, -0.25) is 0 Å². The smallest absolute Gasteiger partial charge is 0.243 e. The van der Waals surface area contributed by atoms with Crippen molar-refractivity contribution < 1.29 is 8.42 Å². The highest BCUT2D eigenvalue weighted by Crippen LogP contribution is 2.23. The molecule has 5 heteroatoms. The molecular formula is C15H24N2O2S. The maximum Gasteiger partial charge on any atom is 0.243 e. The van der Waals surface area contributed by atoms with Crippen molar-refractivity contribution in [3.05, 3.63) is 29.8 Å². The minimum Gasteiger partial charge on any atom is -0.314 e. The van der Waals surface area contributed by atoms with Crippen molar-refractivity contribution >= 4 is 10.0 Å². The molecule has 0 aliphatic carbocycles. The van der Waals surface area contributed by atoms with Gasteiger partial charge in [-0.2, -0.15) is 4.31 Å². The van der Waals surface area contributed by atoms with E-state index < -0.39 is 10.0 Å². The van der Waals surface area contributed by atoms with Crippen LogP contribution >= 0.6 is 0 Å². The van der Waals surface area contributed by atoms with E-state index in [4.69, 9.17) is 0 Å². The quantitative estimate of drug-likeness (QED) is 0.924. The second-order valence-electron chi connectivity index (χ2n) is 5.59. The van der Waals surface area contributed by atoms with Gasteiger partial charge in [0.05, 0.1) is 4.90 Å². The molecule has 1 aliphatic rings. The van der Waals surface area contributed by atoms with E-state index in [0.29, 0.717) is 18.0 Å². The van der Waals surface area contributed by atoms with E-state index >= 15 is 0 Å². The summed E-state index contributed by atoms with van der Waals surface area (Å²) in [4.78, 5) is 0.401. The summed E-state index contributed by atoms with van der Waals surface area (Å²) in [6, 6.07) is 7.30. The summed E-state index contributed by atoms with van der Waals surface area (Å²) in [5.41, 5.74) is 1.19. The second-order valence-corrected chi connectivity index (χ2v) is 7.43. The van der Waals surface area contributed by atoms with Gasteiger partial charge in [0.1, 0.15) is 0 Å². The van der Waals surface area contributed by atoms with Crippen LogP contribution in [-0.2, 0) is 16.4 Å². The zero-order valence-corrected chi connectivity index (χ0v) is 13.3. The Bertz CT molecular complexity index is 529. The van der Waals surface area contributed by atoms with Gasteiger partial charge in [0.25, 0.3) is 0 Å². The number of hydrogen-bond acceptors (Lipinski definition) is 3. The molecule has 1 heterocycles. The van der Waals surface area contributed by atoms with E-state index in [2.05, 4.69) is 12.2 Å². The van der Waals surface area contributed by atoms with Crippen LogP contribution in [0.4, 0.5) is 0 Å². The third kappa shape index (κ3) is 3.05. The van der Waals surface area contributed by atoms with Gasteiger partial charge in [0.15, 0.2) is 0 Å². The molecule has 20 heavy (non-hydrogen) atoms. The molecule has 2 rings (SSSR count). The number of rotatable bonds is 4. The highest BCUT2D eigenvalue weighted by Gasteiger charge is 2.35. The van der Waals surface area contributed by atoms with Crippen molar-refractivity contribution in [2.75, 3.05) is 13.1 Å². The fraction of sp³-hybridized carbons (Fsp3) is 0.600. The zero-order valence-electron chi connectivity index (χ0n) is 12.5. The van der Waals surface area contributed by atoms with Gasteiger partial charge in [0, 0.05) is 25.2 Å². The van der Waals surface area contributed by atoms with E-state index in [-0.39, 0.29) is 12.1 Å². The Morgan fingerprint density at radius 2 is 1.70 bits per heavy atom. The van der Waals surface area contributed by atoms with Gasteiger partial charge in [-0.25, -0.2) is 8.42 Å². The first kappa shape index (κ1) is 15.5. The lowest BCUT2D eigenvalue weighted by Gasteiger charge is -2.38. The standard InChI is InChI=1S/C15H24N2O2S/c1-4-5-14-6-8-15(9-7-14)20(18,19)17-12(2)10-16-11-13(17)3/h6-9,12-13,16H,4-5,10-11H2,1-3H3. The molecule has 2 unspecified atom stereocenters. The number of hydrogen-bond donors (Lipinski definition) is 1. The number of aryl methyl sites for hydroxylation is 1. The molecule has 0 amide bonds. The summed E-state index contributed by atoms with van der Waals surface area (Å²) < 4.78 is 27.2. The average Bonchev–Trinajstić information content (AvgIpc) is 2.39. The normalized spacial score (nSPS) is 24.8. The molecule has 1 aromatic carbocycles. The van der Waals surface area contributed by atoms with Crippen molar-refractivity contribution in [3.8, 4) is 0 Å². The summed E-state index contributed by atoms with van der Waals surface area (Å²) in [6.45, 7) is 7.43. The molecule has 4 nitrogen and oxygen atoms in total. The van der Waals surface area contributed by atoms with Gasteiger partial charge in [0.2, 0.25) is 10.0 Å². The highest BCUT2D eigenvalue weighted by atomic mass is 32.2. The first-order valence-electron chi connectivity index (χ1n) is 7.30. The summed E-state index contributed by atoms with van der Waals surface area (Å²) >= 11 is 0. The number of piperazine rings is 1. The molecule has 0 saturated carbocycles. The summed E-state index contributed by atoms with van der Waals surface area (Å²) in [5, 5.41) is 3.26. The van der Waals surface area contributed by atoms with Crippen LogP contribution in [0.3, 0.4) is 0 Å². The summed E-state index contributed by atoms with van der Waals surface area (Å²) in [6.07, 6.45) is 2.05. The zero-order chi connectivity index (χ0) is 14.8. The Morgan fingerprint density at radius 1 is 1.15 bits per heavy atom. The van der Waals surface area contributed by atoms with Gasteiger partial charge in [-0.15, -0.1) is 0 Å². The van der Waals surface area contributed by atoms with E-state index in [9.17, 15) is 8.42 Å². The van der Waals surface area contributed by atoms with Gasteiger partial charge >= 0.3 is 0 Å². The third-order valence-corrected chi connectivity index (χ3v) is 5.93. The Kier molecular flexibility index (Phi) is 4.83. The van der Waals surface area contributed by atoms with E-state index in [1.807, 2.05) is 26.0 Å². The second kappa shape index (κ2) is 6.24. The maximum absolute atomic E-state index is 12.8. The molecule has 112 valence electrons. The van der Waals surface area contributed by atoms with Crippen LogP contribution in [0.2, 0.25) is 0 Å². The molecule has 1 saturated heterocycles. The number of benzene rings is 1. The highest BCUT2D eigenvalue weighted by molar-refractivity contribution is 7.89. The summed E-state index contributed by atoms with van der Waals surface area (Å²) in [5.74, 6) is 0. The van der Waals surface area contributed by atoms with E-state index in [1.54, 1.807) is 16.4 Å². The predicted molar refractivity (Wildman–Crippen MR) is 81.3 cm³/mol. The molecule has 2 atom stereocenters. The fourth-order valence-corrected chi connectivity index (χ4v) is 4.65. The first-order chi connectivity index (χ1) is 9.46.